The van der Waals surface area contributed by atoms with E-state index in [2.05, 4.69) is 20.9 Å². The lowest BCUT2D eigenvalue weighted by Crippen LogP contribution is -2.26. The molecule has 1 aliphatic rings. The fraction of sp³-hybridized carbons (Fsp3) is 0.417. The van der Waals surface area contributed by atoms with E-state index in [9.17, 15) is 4.79 Å². The minimum absolute atomic E-state index is 0.0257. The van der Waals surface area contributed by atoms with Gasteiger partial charge in [0.1, 0.15) is 0 Å². The largest absolute Gasteiger partial charge is 0.378 e. The highest BCUT2D eigenvalue weighted by Gasteiger charge is 2.13. The fourth-order valence-electron chi connectivity index (χ4n) is 3.95. The minimum Gasteiger partial charge on any atom is -0.378 e. The molecule has 1 aliphatic carbocycles. The van der Waals surface area contributed by atoms with E-state index in [1.54, 1.807) is 0 Å². The molecule has 152 valence electrons. The third-order valence-electron chi connectivity index (χ3n) is 5.61. The third-order valence-corrected chi connectivity index (χ3v) is 5.61. The summed E-state index contributed by atoms with van der Waals surface area (Å²) in [5.41, 5.74) is 3.95. The van der Waals surface area contributed by atoms with Crippen LogP contribution in [-0.4, -0.2) is 34.7 Å². The van der Waals surface area contributed by atoms with Gasteiger partial charge in [-0.3, -0.25) is 4.79 Å². The molecular weight excluding hydrogens is 362 g/mol. The Morgan fingerprint density at radius 2 is 1.86 bits per heavy atom. The van der Waals surface area contributed by atoms with Crippen molar-refractivity contribution in [2.75, 3.05) is 13.2 Å². The number of carbonyl (C=O) groups excluding carboxylic acids is 1. The molecule has 5 heteroatoms. The Morgan fingerprint density at radius 1 is 1.07 bits per heavy atom. The topological polar surface area (TPSA) is 56.1 Å². The van der Waals surface area contributed by atoms with Crippen molar-refractivity contribution in [1.29, 1.82) is 0 Å². The fourth-order valence-corrected chi connectivity index (χ4v) is 3.95. The van der Waals surface area contributed by atoms with Gasteiger partial charge in [-0.25, -0.2) is 4.98 Å². The van der Waals surface area contributed by atoms with E-state index >= 15 is 0 Å². The van der Waals surface area contributed by atoms with E-state index < -0.39 is 0 Å². The van der Waals surface area contributed by atoms with E-state index in [0.29, 0.717) is 18.2 Å². The van der Waals surface area contributed by atoms with Gasteiger partial charge in [0.05, 0.1) is 23.5 Å². The first-order valence-corrected chi connectivity index (χ1v) is 10.7. The summed E-state index contributed by atoms with van der Waals surface area (Å²) in [5, 5.41) is 2.99. The van der Waals surface area contributed by atoms with Gasteiger partial charge >= 0.3 is 0 Å². The van der Waals surface area contributed by atoms with Gasteiger partial charge in [0.25, 0.3) is 5.91 Å². The zero-order valence-corrected chi connectivity index (χ0v) is 16.8. The summed E-state index contributed by atoms with van der Waals surface area (Å²) >= 11 is 0. The maximum atomic E-state index is 12.3. The van der Waals surface area contributed by atoms with Crippen LogP contribution in [0.4, 0.5) is 0 Å². The van der Waals surface area contributed by atoms with Crippen molar-refractivity contribution in [2.24, 2.45) is 0 Å². The first-order chi connectivity index (χ1) is 14.3. The predicted octanol–water partition coefficient (Wildman–Crippen LogP) is 4.55. The molecule has 0 unspecified atom stereocenters. The van der Waals surface area contributed by atoms with Crippen molar-refractivity contribution in [3.63, 3.8) is 0 Å². The van der Waals surface area contributed by atoms with E-state index in [1.165, 1.54) is 32.1 Å². The number of hydrogen-bond acceptors (Lipinski definition) is 3. The number of para-hydroxylation sites is 2. The standard InChI is InChI=1S/C24H29N3O2/c28-24(25-15-6-16-29-21-7-2-1-3-8-21)20-13-11-19(12-14-20)17-27-18-26-22-9-4-5-10-23(22)27/h4-5,9-14,18,21H,1-3,6-8,15-17H2,(H,25,28). The highest BCUT2D eigenvalue weighted by Crippen LogP contribution is 2.20. The van der Waals surface area contributed by atoms with Crippen LogP contribution in [-0.2, 0) is 11.3 Å². The van der Waals surface area contributed by atoms with Gasteiger partial charge < -0.3 is 14.6 Å². The highest BCUT2D eigenvalue weighted by atomic mass is 16.5. The Kier molecular flexibility index (Phi) is 6.57. The van der Waals surface area contributed by atoms with Crippen molar-refractivity contribution in [1.82, 2.24) is 14.9 Å². The number of amides is 1. The van der Waals surface area contributed by atoms with Gasteiger partial charge in [-0.2, -0.15) is 0 Å². The molecule has 0 spiro atoms. The average molecular weight is 392 g/mol. The number of fused-ring (bicyclic) bond motifs is 1. The molecule has 0 aliphatic heterocycles. The number of hydrogen-bond donors (Lipinski definition) is 1. The van der Waals surface area contributed by atoms with E-state index in [0.717, 1.165) is 36.2 Å². The highest BCUT2D eigenvalue weighted by molar-refractivity contribution is 5.94. The molecule has 0 radical (unpaired) electrons. The number of rotatable bonds is 8. The molecule has 0 atom stereocenters. The van der Waals surface area contributed by atoms with Gasteiger partial charge in [-0.1, -0.05) is 43.5 Å². The van der Waals surface area contributed by atoms with Gasteiger partial charge in [-0.05, 0) is 49.1 Å². The summed E-state index contributed by atoms with van der Waals surface area (Å²) in [6, 6.07) is 15.9. The van der Waals surface area contributed by atoms with Gasteiger partial charge in [0.2, 0.25) is 0 Å². The summed E-state index contributed by atoms with van der Waals surface area (Å²) < 4.78 is 8.03. The number of ether oxygens (including phenoxy) is 1. The lowest BCUT2D eigenvalue weighted by atomic mass is 9.98. The van der Waals surface area contributed by atoms with Crippen LogP contribution in [0.25, 0.3) is 11.0 Å². The first-order valence-electron chi connectivity index (χ1n) is 10.7. The second-order valence-corrected chi connectivity index (χ2v) is 7.80. The molecule has 1 heterocycles. The van der Waals surface area contributed by atoms with Crippen LogP contribution in [0.3, 0.4) is 0 Å². The van der Waals surface area contributed by atoms with Crippen molar-refractivity contribution in [3.05, 3.63) is 66.0 Å². The molecule has 1 aromatic heterocycles. The molecule has 0 saturated heterocycles. The van der Waals surface area contributed by atoms with Crippen molar-refractivity contribution in [2.45, 2.75) is 51.2 Å². The predicted molar refractivity (Wildman–Crippen MR) is 115 cm³/mol. The van der Waals surface area contributed by atoms with Crippen LogP contribution >= 0.6 is 0 Å². The van der Waals surface area contributed by atoms with Crippen LogP contribution in [0.2, 0.25) is 0 Å². The summed E-state index contributed by atoms with van der Waals surface area (Å²) in [5.74, 6) is -0.0257. The van der Waals surface area contributed by atoms with Crippen LogP contribution in [0.15, 0.2) is 54.9 Å². The second-order valence-electron chi connectivity index (χ2n) is 7.80. The molecule has 0 bridgehead atoms. The minimum atomic E-state index is -0.0257. The Bertz CT molecular complexity index is 927. The van der Waals surface area contributed by atoms with Gasteiger partial charge in [-0.15, -0.1) is 0 Å². The van der Waals surface area contributed by atoms with Crippen LogP contribution < -0.4 is 5.32 Å². The molecule has 4 rings (SSSR count). The Labute approximate surface area is 172 Å². The summed E-state index contributed by atoms with van der Waals surface area (Å²) in [6.07, 6.45) is 9.44. The van der Waals surface area contributed by atoms with Crippen LogP contribution in [0.1, 0.15) is 54.4 Å². The molecule has 2 aromatic carbocycles. The number of benzene rings is 2. The average Bonchev–Trinajstić information content (AvgIpc) is 3.17. The van der Waals surface area contributed by atoms with E-state index in [4.69, 9.17) is 4.74 Å². The Balaban J connectivity index is 1.22. The normalized spacial score (nSPS) is 14.9. The van der Waals surface area contributed by atoms with Crippen LogP contribution in [0.5, 0.6) is 0 Å². The molecule has 3 aromatic rings. The maximum absolute atomic E-state index is 12.3. The molecule has 1 N–H and O–H groups in total. The zero-order valence-electron chi connectivity index (χ0n) is 16.8. The lowest BCUT2D eigenvalue weighted by Gasteiger charge is -2.21. The SMILES string of the molecule is O=C(NCCCOC1CCCCC1)c1ccc(Cn2cnc3ccccc32)cc1. The summed E-state index contributed by atoms with van der Waals surface area (Å²) in [7, 11) is 0. The quantitative estimate of drug-likeness (QED) is 0.573. The Morgan fingerprint density at radius 3 is 2.69 bits per heavy atom. The van der Waals surface area contributed by atoms with Crippen LogP contribution in [0, 0.1) is 0 Å². The van der Waals surface area contributed by atoms with Crippen molar-refractivity contribution >= 4 is 16.9 Å². The number of imidazole rings is 1. The number of nitrogens with zero attached hydrogens (tertiary/aromatic N) is 2. The molecule has 1 saturated carbocycles. The number of aromatic nitrogens is 2. The maximum Gasteiger partial charge on any atom is 0.251 e. The summed E-state index contributed by atoms with van der Waals surface area (Å²) in [6.45, 7) is 2.11. The molecule has 1 amide bonds. The second kappa shape index (κ2) is 9.70. The van der Waals surface area contributed by atoms with E-state index in [1.807, 2.05) is 48.8 Å². The van der Waals surface area contributed by atoms with E-state index in [-0.39, 0.29) is 5.91 Å². The van der Waals surface area contributed by atoms with Crippen molar-refractivity contribution in [3.8, 4) is 0 Å². The monoisotopic (exact) mass is 391 g/mol. The molecule has 5 nitrogen and oxygen atoms in total. The summed E-state index contributed by atoms with van der Waals surface area (Å²) in [4.78, 5) is 16.8. The molecule has 1 fully saturated rings. The number of carbonyl (C=O) groups is 1. The molecule has 29 heavy (non-hydrogen) atoms. The van der Waals surface area contributed by atoms with Gasteiger partial charge in [0, 0.05) is 25.3 Å². The van der Waals surface area contributed by atoms with Gasteiger partial charge in [0.15, 0.2) is 0 Å². The number of nitrogens with one attached hydrogen (secondary N) is 1. The molecular formula is C24H29N3O2. The third kappa shape index (κ3) is 5.24. The van der Waals surface area contributed by atoms with Crippen molar-refractivity contribution < 1.29 is 9.53 Å². The first kappa shape index (κ1) is 19.6. The zero-order chi connectivity index (χ0) is 19.9. The lowest BCUT2D eigenvalue weighted by molar-refractivity contribution is 0.0273. The smallest absolute Gasteiger partial charge is 0.251 e. The Hall–Kier alpha value is -2.66.